The average molecular weight is 499 g/mol. The predicted molar refractivity (Wildman–Crippen MR) is 131 cm³/mol. The van der Waals surface area contributed by atoms with E-state index >= 15 is 0 Å². The summed E-state index contributed by atoms with van der Waals surface area (Å²) in [5.41, 5.74) is 4.02. The number of benzene rings is 2. The Labute approximate surface area is 209 Å². The van der Waals surface area contributed by atoms with E-state index in [0.29, 0.717) is 11.6 Å². The summed E-state index contributed by atoms with van der Waals surface area (Å²) in [6, 6.07) is 12.7. The maximum atomic E-state index is 12.4. The highest BCUT2D eigenvalue weighted by Crippen LogP contribution is 2.43. The van der Waals surface area contributed by atoms with Crippen molar-refractivity contribution in [2.24, 2.45) is 5.92 Å². The second-order valence-corrected chi connectivity index (χ2v) is 10.2. The third-order valence-corrected chi connectivity index (χ3v) is 7.38. The van der Waals surface area contributed by atoms with Crippen molar-refractivity contribution in [1.29, 1.82) is 0 Å². The Hall–Kier alpha value is -2.88. The normalized spacial score (nSPS) is 20.4. The number of halogens is 2. The molecule has 2 heterocycles. The number of hydrogen-bond acceptors (Lipinski definition) is 6. The van der Waals surface area contributed by atoms with Gasteiger partial charge >= 0.3 is 6.61 Å². The third-order valence-electron chi connectivity index (χ3n) is 7.38. The largest absolute Gasteiger partial charge is 0.435 e. The van der Waals surface area contributed by atoms with E-state index in [0.717, 1.165) is 43.7 Å². The van der Waals surface area contributed by atoms with E-state index in [1.165, 1.54) is 36.1 Å². The van der Waals surface area contributed by atoms with Crippen LogP contribution in [0.15, 0.2) is 48.7 Å². The number of aliphatic hydroxyl groups excluding tert-OH is 1. The maximum Gasteiger partial charge on any atom is 0.387 e. The van der Waals surface area contributed by atoms with Crippen molar-refractivity contribution >= 4 is 0 Å². The van der Waals surface area contributed by atoms with Crippen LogP contribution in [0.4, 0.5) is 8.78 Å². The molecular formula is C27H32F2N4O3. The van der Waals surface area contributed by atoms with E-state index in [1.807, 2.05) is 6.20 Å². The number of nitrogens with zero attached hydrogens (tertiary/aromatic N) is 4. The van der Waals surface area contributed by atoms with E-state index < -0.39 is 12.2 Å². The van der Waals surface area contributed by atoms with Gasteiger partial charge in [0.2, 0.25) is 0 Å². The molecule has 0 bridgehead atoms. The lowest BCUT2D eigenvalue weighted by Crippen LogP contribution is -2.47. The van der Waals surface area contributed by atoms with Crippen molar-refractivity contribution in [2.45, 2.75) is 57.3 Å². The van der Waals surface area contributed by atoms with Crippen LogP contribution in [0.3, 0.4) is 0 Å². The summed E-state index contributed by atoms with van der Waals surface area (Å²) in [6.07, 6.45) is 6.13. The zero-order valence-corrected chi connectivity index (χ0v) is 20.4. The van der Waals surface area contributed by atoms with Crippen LogP contribution in [-0.2, 0) is 6.54 Å². The zero-order chi connectivity index (χ0) is 25.3. The minimum atomic E-state index is -2.86. The van der Waals surface area contributed by atoms with Crippen molar-refractivity contribution in [3.8, 4) is 22.7 Å². The lowest BCUT2D eigenvalue weighted by molar-refractivity contribution is -0.0697. The van der Waals surface area contributed by atoms with Gasteiger partial charge < -0.3 is 14.9 Å². The quantitative estimate of drug-likeness (QED) is 0.456. The van der Waals surface area contributed by atoms with Gasteiger partial charge in [0.15, 0.2) is 0 Å². The molecule has 7 nitrogen and oxygen atoms in total. The summed E-state index contributed by atoms with van der Waals surface area (Å²) < 4.78 is 30.8. The number of aromatic nitrogens is 3. The zero-order valence-electron chi connectivity index (χ0n) is 20.4. The highest BCUT2D eigenvalue weighted by atomic mass is 19.3. The van der Waals surface area contributed by atoms with Gasteiger partial charge in [-0.15, -0.1) is 5.10 Å². The number of ether oxygens (including phenoxy) is 1. The minimum Gasteiger partial charge on any atom is -0.435 e. The summed E-state index contributed by atoms with van der Waals surface area (Å²) in [4.78, 5) is 2.39. The van der Waals surface area contributed by atoms with Gasteiger partial charge in [0.25, 0.3) is 0 Å². The van der Waals surface area contributed by atoms with Crippen LogP contribution in [0, 0.1) is 5.92 Å². The summed E-state index contributed by atoms with van der Waals surface area (Å²) in [7, 11) is 0. The number of alkyl halides is 2. The number of aliphatic hydroxyl groups is 2. The molecule has 2 N–H and O–H groups in total. The smallest absolute Gasteiger partial charge is 0.387 e. The Balaban J connectivity index is 1.32. The predicted octanol–water partition coefficient (Wildman–Crippen LogP) is 4.37. The van der Waals surface area contributed by atoms with Crippen molar-refractivity contribution in [3.05, 3.63) is 59.8 Å². The molecular weight excluding hydrogens is 466 g/mol. The van der Waals surface area contributed by atoms with Gasteiger partial charge in [-0.05, 0) is 86.5 Å². The molecule has 192 valence electrons. The van der Waals surface area contributed by atoms with Gasteiger partial charge in [0.05, 0.1) is 24.1 Å². The van der Waals surface area contributed by atoms with Crippen molar-refractivity contribution in [3.63, 3.8) is 0 Å². The monoisotopic (exact) mass is 498 g/mol. The average Bonchev–Trinajstić information content (AvgIpc) is 3.60. The Morgan fingerprint density at radius 2 is 1.92 bits per heavy atom. The van der Waals surface area contributed by atoms with Crippen LogP contribution in [-0.4, -0.2) is 62.0 Å². The first-order valence-electron chi connectivity index (χ1n) is 12.5. The van der Waals surface area contributed by atoms with Crippen molar-refractivity contribution in [1.82, 2.24) is 19.9 Å². The van der Waals surface area contributed by atoms with E-state index in [2.05, 4.69) is 38.1 Å². The van der Waals surface area contributed by atoms with Crippen molar-refractivity contribution in [2.75, 3.05) is 19.7 Å². The lowest BCUT2D eigenvalue weighted by Gasteiger charge is -2.39. The van der Waals surface area contributed by atoms with E-state index in [-0.39, 0.29) is 18.3 Å². The molecule has 1 aliphatic carbocycles. The Morgan fingerprint density at radius 3 is 2.61 bits per heavy atom. The maximum absolute atomic E-state index is 12.4. The summed E-state index contributed by atoms with van der Waals surface area (Å²) in [5.74, 6) is 0.711. The molecule has 1 aromatic heterocycles. The molecule has 1 saturated heterocycles. The molecule has 2 fully saturated rings. The lowest BCUT2D eigenvalue weighted by atomic mass is 9.83. The van der Waals surface area contributed by atoms with Gasteiger partial charge in [-0.3, -0.25) is 4.90 Å². The van der Waals surface area contributed by atoms with Gasteiger partial charge in [0.1, 0.15) is 11.4 Å². The number of likely N-dealkylation sites (tertiary alicyclic amines) is 1. The molecule has 9 heteroatoms. The fraction of sp³-hybridized carbons (Fsp3) is 0.481. The summed E-state index contributed by atoms with van der Waals surface area (Å²) >= 11 is 0. The Morgan fingerprint density at radius 1 is 1.14 bits per heavy atom. The van der Waals surface area contributed by atoms with Crippen LogP contribution in [0.5, 0.6) is 5.75 Å². The highest BCUT2D eigenvalue weighted by molar-refractivity contribution is 5.61. The molecule has 2 atom stereocenters. The van der Waals surface area contributed by atoms with Crippen LogP contribution >= 0.6 is 0 Å². The number of piperidine rings is 1. The highest BCUT2D eigenvalue weighted by Gasteiger charge is 2.35. The molecule has 0 unspecified atom stereocenters. The molecule has 1 saturated carbocycles. The van der Waals surface area contributed by atoms with Crippen LogP contribution in [0.25, 0.3) is 16.9 Å². The molecule has 2 aliphatic rings. The van der Waals surface area contributed by atoms with Gasteiger partial charge in [-0.1, -0.05) is 17.3 Å². The van der Waals surface area contributed by atoms with E-state index in [9.17, 15) is 19.0 Å². The second kappa shape index (κ2) is 10.2. The standard InChI is InChI=1S/C27H32F2N4O3/c1-27(35,17-34)21-3-2-12-32(15-21)14-20-7-6-19(13-24(20)18-4-5-18)25-16-33(31-30-25)22-8-10-23(11-9-22)36-26(28)29/h6-11,13,16,18,21,26,34-35H,2-5,12,14-15,17H2,1H3/t21-,27+/m0/s1. The molecule has 2 aromatic carbocycles. The summed E-state index contributed by atoms with van der Waals surface area (Å²) in [5, 5.41) is 28.7. The van der Waals surface area contributed by atoms with Crippen LogP contribution in [0.1, 0.15) is 49.7 Å². The van der Waals surface area contributed by atoms with E-state index in [1.54, 1.807) is 23.7 Å². The van der Waals surface area contributed by atoms with Gasteiger partial charge in [-0.2, -0.15) is 8.78 Å². The van der Waals surface area contributed by atoms with Gasteiger partial charge in [-0.25, -0.2) is 4.68 Å². The SMILES string of the molecule is C[C@@](O)(CO)[C@H]1CCCN(Cc2ccc(-c3cn(-c4ccc(OC(F)F)cc4)nn3)cc2C2CC2)C1. The topological polar surface area (TPSA) is 83.6 Å². The second-order valence-electron chi connectivity index (χ2n) is 10.2. The first-order valence-corrected chi connectivity index (χ1v) is 12.5. The van der Waals surface area contributed by atoms with Gasteiger partial charge in [0, 0.05) is 24.6 Å². The van der Waals surface area contributed by atoms with Crippen LogP contribution in [0.2, 0.25) is 0 Å². The Bertz CT molecular complexity index is 1180. The number of rotatable bonds is 9. The summed E-state index contributed by atoms with van der Waals surface area (Å²) in [6.45, 7) is 1.23. The molecule has 36 heavy (non-hydrogen) atoms. The molecule has 1 aliphatic heterocycles. The fourth-order valence-corrected chi connectivity index (χ4v) is 5.05. The molecule has 5 rings (SSSR count). The first kappa shape index (κ1) is 24.8. The molecule has 0 spiro atoms. The van der Waals surface area contributed by atoms with Crippen molar-refractivity contribution < 1.29 is 23.7 Å². The molecule has 0 radical (unpaired) electrons. The third kappa shape index (κ3) is 5.58. The van der Waals surface area contributed by atoms with E-state index in [4.69, 9.17) is 0 Å². The Kier molecular flexibility index (Phi) is 7.05. The fourth-order valence-electron chi connectivity index (χ4n) is 5.05. The first-order chi connectivity index (χ1) is 17.3. The molecule has 3 aromatic rings. The van der Waals surface area contributed by atoms with Crippen LogP contribution < -0.4 is 4.74 Å². The minimum absolute atomic E-state index is 0.0611. The number of hydrogen-bond donors (Lipinski definition) is 2. The molecule has 0 amide bonds.